The Labute approximate surface area is 122 Å². The van der Waals surface area contributed by atoms with Crippen LogP contribution < -0.4 is 5.32 Å². The minimum atomic E-state index is -0.630. The zero-order valence-corrected chi connectivity index (χ0v) is 12.8. The summed E-state index contributed by atoms with van der Waals surface area (Å²) in [5.74, 6) is -1.18. The van der Waals surface area contributed by atoms with E-state index in [1.165, 1.54) is 12.1 Å². The first-order valence-electron chi connectivity index (χ1n) is 6.48. The molecular weight excluding hydrogens is 284 g/mol. The van der Waals surface area contributed by atoms with Gasteiger partial charge in [-0.25, -0.2) is 8.78 Å². The molecule has 0 aliphatic carbocycles. The second-order valence-electron chi connectivity index (χ2n) is 4.62. The lowest BCUT2D eigenvalue weighted by Gasteiger charge is -2.15. The molecule has 3 nitrogen and oxygen atoms in total. The average molecular weight is 305 g/mol. The van der Waals surface area contributed by atoms with E-state index in [4.69, 9.17) is 4.74 Å². The molecule has 20 heavy (non-hydrogen) atoms. The summed E-state index contributed by atoms with van der Waals surface area (Å²) in [4.78, 5) is -0.0426. The topological polar surface area (TPSA) is 41.5 Å². The Morgan fingerprint density at radius 2 is 1.90 bits per heavy atom. The summed E-state index contributed by atoms with van der Waals surface area (Å²) in [5.41, 5.74) is 0.546. The number of hydrogen-bond acceptors (Lipinski definition) is 4. The van der Waals surface area contributed by atoms with Gasteiger partial charge in [-0.3, -0.25) is 0 Å². The molecule has 114 valence electrons. The lowest BCUT2D eigenvalue weighted by Crippen LogP contribution is -2.19. The van der Waals surface area contributed by atoms with Gasteiger partial charge in [0.15, 0.2) is 0 Å². The normalized spacial score (nSPS) is 14.3. The fourth-order valence-electron chi connectivity index (χ4n) is 1.52. The van der Waals surface area contributed by atoms with Crippen molar-refractivity contribution in [2.24, 2.45) is 0 Å². The Bertz CT molecular complexity index is 407. The molecular formula is C14H21F2NO2S. The van der Waals surface area contributed by atoms with E-state index in [1.807, 2.05) is 0 Å². The first kappa shape index (κ1) is 17.4. The number of aliphatic hydroxyl groups is 1. The number of nitrogens with one attached hydrogen (secondary N) is 1. The average Bonchev–Trinajstić information content (AvgIpc) is 2.38. The van der Waals surface area contributed by atoms with Crippen LogP contribution in [0.25, 0.3) is 0 Å². The number of benzene rings is 1. The Morgan fingerprint density at radius 3 is 2.40 bits per heavy atom. The molecule has 0 amide bonds. The second kappa shape index (κ2) is 8.56. The highest BCUT2D eigenvalue weighted by Crippen LogP contribution is 2.31. The molecule has 2 unspecified atom stereocenters. The van der Waals surface area contributed by atoms with Crippen LogP contribution in [0, 0.1) is 11.6 Å². The molecule has 0 aliphatic heterocycles. The summed E-state index contributed by atoms with van der Waals surface area (Å²) in [6.07, 6.45) is -0.630. The van der Waals surface area contributed by atoms with Gasteiger partial charge in [0.2, 0.25) is 0 Å². The molecule has 0 saturated heterocycles. The lowest BCUT2D eigenvalue weighted by atomic mass is 10.2. The van der Waals surface area contributed by atoms with Crippen LogP contribution >= 0.6 is 11.8 Å². The first-order chi connectivity index (χ1) is 9.45. The summed E-state index contributed by atoms with van der Waals surface area (Å²) in [6, 6.07) is 2.64. The van der Waals surface area contributed by atoms with E-state index >= 15 is 0 Å². The number of ether oxygens (including phenoxy) is 1. The molecule has 0 fully saturated rings. The number of halogens is 2. The van der Waals surface area contributed by atoms with Gasteiger partial charge in [-0.05, 0) is 24.6 Å². The molecule has 6 heteroatoms. The van der Waals surface area contributed by atoms with Crippen molar-refractivity contribution in [1.82, 2.24) is 5.32 Å². The van der Waals surface area contributed by atoms with Crippen LogP contribution in [0.4, 0.5) is 8.78 Å². The van der Waals surface area contributed by atoms with E-state index in [9.17, 15) is 13.9 Å². The van der Waals surface area contributed by atoms with Crippen LogP contribution in [0.15, 0.2) is 17.0 Å². The van der Waals surface area contributed by atoms with Crippen LogP contribution in [0.1, 0.15) is 19.4 Å². The molecule has 0 bridgehead atoms. The standard InChI is InChI=1S/C14H21F2NO2S/c1-9(18)10(2)20-14-12(15)6-11(7-13(14)16)8-17-4-5-19-3/h6-7,9-10,17-18H,4-5,8H2,1-3H3. The Hall–Kier alpha value is -0.690. The smallest absolute Gasteiger partial charge is 0.140 e. The highest BCUT2D eigenvalue weighted by Gasteiger charge is 2.17. The SMILES string of the molecule is COCCNCc1cc(F)c(SC(C)C(C)O)c(F)c1. The summed E-state index contributed by atoms with van der Waals surface area (Å²) in [7, 11) is 1.59. The van der Waals surface area contributed by atoms with E-state index in [1.54, 1.807) is 21.0 Å². The number of hydrogen-bond donors (Lipinski definition) is 2. The molecule has 1 rings (SSSR count). The van der Waals surface area contributed by atoms with Gasteiger partial charge in [0.25, 0.3) is 0 Å². The minimum Gasteiger partial charge on any atom is -0.392 e. The fourth-order valence-corrected chi connectivity index (χ4v) is 2.43. The van der Waals surface area contributed by atoms with Crippen molar-refractivity contribution in [3.8, 4) is 0 Å². The predicted molar refractivity (Wildman–Crippen MR) is 76.9 cm³/mol. The van der Waals surface area contributed by atoms with Crippen molar-refractivity contribution in [2.75, 3.05) is 20.3 Å². The molecule has 0 aromatic heterocycles. The Morgan fingerprint density at radius 1 is 1.30 bits per heavy atom. The van der Waals surface area contributed by atoms with Gasteiger partial charge in [-0.15, -0.1) is 11.8 Å². The van der Waals surface area contributed by atoms with Gasteiger partial charge in [-0.1, -0.05) is 6.92 Å². The van der Waals surface area contributed by atoms with Crippen molar-refractivity contribution in [1.29, 1.82) is 0 Å². The highest BCUT2D eigenvalue weighted by atomic mass is 32.2. The second-order valence-corrected chi connectivity index (χ2v) is 6.01. The monoisotopic (exact) mass is 305 g/mol. The van der Waals surface area contributed by atoms with Crippen LogP contribution in [0.5, 0.6) is 0 Å². The van der Waals surface area contributed by atoms with E-state index in [-0.39, 0.29) is 10.1 Å². The number of aliphatic hydroxyl groups excluding tert-OH is 1. The van der Waals surface area contributed by atoms with E-state index in [0.29, 0.717) is 25.3 Å². The van der Waals surface area contributed by atoms with Crippen LogP contribution in [0.3, 0.4) is 0 Å². The molecule has 0 heterocycles. The van der Waals surface area contributed by atoms with Gasteiger partial charge in [0, 0.05) is 25.4 Å². The minimum absolute atomic E-state index is 0.0426. The third-order valence-corrected chi connectivity index (χ3v) is 4.24. The van der Waals surface area contributed by atoms with E-state index in [2.05, 4.69) is 5.32 Å². The Kier molecular flexibility index (Phi) is 7.43. The molecule has 0 radical (unpaired) electrons. The molecule has 1 aromatic rings. The van der Waals surface area contributed by atoms with Gasteiger partial charge in [0.05, 0.1) is 17.6 Å². The van der Waals surface area contributed by atoms with Gasteiger partial charge < -0.3 is 15.2 Å². The van der Waals surface area contributed by atoms with Crippen molar-refractivity contribution in [2.45, 2.75) is 36.6 Å². The van der Waals surface area contributed by atoms with Gasteiger partial charge >= 0.3 is 0 Å². The maximum Gasteiger partial charge on any atom is 0.140 e. The molecule has 2 N–H and O–H groups in total. The van der Waals surface area contributed by atoms with Crippen LogP contribution in [-0.4, -0.2) is 36.7 Å². The maximum atomic E-state index is 13.9. The largest absolute Gasteiger partial charge is 0.392 e. The molecule has 0 spiro atoms. The Balaban J connectivity index is 2.71. The molecule has 0 saturated carbocycles. The summed E-state index contributed by atoms with van der Waals surface area (Å²) in [6.45, 7) is 4.88. The summed E-state index contributed by atoms with van der Waals surface area (Å²) >= 11 is 1.01. The van der Waals surface area contributed by atoms with Crippen molar-refractivity contribution in [3.63, 3.8) is 0 Å². The van der Waals surface area contributed by atoms with Crippen molar-refractivity contribution < 1.29 is 18.6 Å². The third kappa shape index (κ3) is 5.36. The molecule has 2 atom stereocenters. The van der Waals surface area contributed by atoms with E-state index in [0.717, 1.165) is 11.8 Å². The number of rotatable bonds is 8. The molecule has 1 aromatic carbocycles. The zero-order chi connectivity index (χ0) is 15.1. The van der Waals surface area contributed by atoms with Gasteiger partial charge in [-0.2, -0.15) is 0 Å². The zero-order valence-electron chi connectivity index (χ0n) is 12.0. The number of methoxy groups -OCH3 is 1. The summed E-state index contributed by atoms with van der Waals surface area (Å²) in [5, 5.41) is 12.2. The van der Waals surface area contributed by atoms with Crippen molar-refractivity contribution in [3.05, 3.63) is 29.3 Å². The quantitative estimate of drug-likeness (QED) is 0.572. The lowest BCUT2D eigenvalue weighted by molar-refractivity contribution is 0.196. The summed E-state index contributed by atoms with van der Waals surface area (Å²) < 4.78 is 32.7. The van der Waals surface area contributed by atoms with Crippen LogP contribution in [-0.2, 0) is 11.3 Å². The third-order valence-electron chi connectivity index (χ3n) is 2.85. The maximum absolute atomic E-state index is 13.9. The van der Waals surface area contributed by atoms with E-state index < -0.39 is 17.7 Å². The fraction of sp³-hybridized carbons (Fsp3) is 0.571. The predicted octanol–water partition coefficient (Wildman–Crippen LogP) is 2.56. The van der Waals surface area contributed by atoms with Gasteiger partial charge in [0.1, 0.15) is 11.6 Å². The highest BCUT2D eigenvalue weighted by molar-refractivity contribution is 8.00. The first-order valence-corrected chi connectivity index (χ1v) is 7.36. The number of thioether (sulfide) groups is 1. The van der Waals surface area contributed by atoms with Crippen LogP contribution in [0.2, 0.25) is 0 Å². The molecule has 0 aliphatic rings. The van der Waals surface area contributed by atoms with Crippen molar-refractivity contribution >= 4 is 11.8 Å².